The number of azo groups is 1. The Labute approximate surface area is 170 Å². The highest BCUT2D eigenvalue weighted by atomic mass is 16.5. The van der Waals surface area contributed by atoms with Gasteiger partial charge in [-0.3, -0.25) is 4.79 Å². The van der Waals surface area contributed by atoms with Crippen molar-refractivity contribution in [3.8, 4) is 11.6 Å². The van der Waals surface area contributed by atoms with Crippen molar-refractivity contribution < 1.29 is 14.6 Å². The number of benzene rings is 2. The Morgan fingerprint density at radius 2 is 1.79 bits per heavy atom. The first-order chi connectivity index (χ1) is 13.8. The monoisotopic (exact) mass is 393 g/mol. The van der Waals surface area contributed by atoms with Crippen LogP contribution in [0.5, 0.6) is 11.6 Å². The predicted molar refractivity (Wildman–Crippen MR) is 114 cm³/mol. The molecule has 6 nitrogen and oxygen atoms in total. The highest BCUT2D eigenvalue weighted by Gasteiger charge is 2.16. The number of aryl methyl sites for hydroxylation is 1. The molecule has 1 heterocycles. The fourth-order valence-corrected chi connectivity index (χ4v) is 3.15. The lowest BCUT2D eigenvalue weighted by Crippen LogP contribution is -2.11. The number of hydrogen-bond acceptors (Lipinski definition) is 4. The molecule has 1 aromatic heterocycles. The standard InChI is InChI=1S/C23H27N3O3/c1-5-14-26-19-9-7-6-8-18(19)21(22(26)28)25-24-20(27)15-29-17-12-10-16(11-13-17)23(2,3)4/h6-13,28H,5,14-15H2,1-4H3. The quantitative estimate of drug-likeness (QED) is 0.542. The summed E-state index contributed by atoms with van der Waals surface area (Å²) in [5, 5.41) is 19.0. The molecule has 0 unspecified atom stereocenters. The van der Waals surface area contributed by atoms with E-state index >= 15 is 0 Å². The van der Waals surface area contributed by atoms with Gasteiger partial charge < -0.3 is 14.4 Å². The van der Waals surface area contributed by atoms with Crippen LogP contribution in [0.2, 0.25) is 0 Å². The highest BCUT2D eigenvalue weighted by molar-refractivity contribution is 5.95. The molecule has 0 saturated heterocycles. The topological polar surface area (TPSA) is 76.2 Å². The van der Waals surface area contributed by atoms with Crippen LogP contribution in [-0.2, 0) is 16.8 Å². The second kappa shape index (κ2) is 8.47. The minimum Gasteiger partial charge on any atom is -0.493 e. The number of fused-ring (bicyclic) bond motifs is 1. The molecule has 0 aliphatic rings. The van der Waals surface area contributed by atoms with Crippen LogP contribution in [0.25, 0.3) is 10.9 Å². The van der Waals surface area contributed by atoms with Crippen molar-refractivity contribution >= 4 is 22.5 Å². The molecule has 0 aliphatic carbocycles. The number of para-hydroxylation sites is 1. The van der Waals surface area contributed by atoms with Gasteiger partial charge in [-0.2, -0.15) is 0 Å². The molecule has 0 atom stereocenters. The van der Waals surface area contributed by atoms with Crippen LogP contribution >= 0.6 is 0 Å². The van der Waals surface area contributed by atoms with Gasteiger partial charge in [0.1, 0.15) is 5.75 Å². The third-order valence-electron chi connectivity index (χ3n) is 4.71. The molecule has 2 aromatic carbocycles. The fourth-order valence-electron chi connectivity index (χ4n) is 3.15. The van der Waals surface area contributed by atoms with Gasteiger partial charge in [-0.1, -0.05) is 58.0 Å². The van der Waals surface area contributed by atoms with Crippen molar-refractivity contribution in [1.82, 2.24) is 4.57 Å². The number of amides is 1. The van der Waals surface area contributed by atoms with Crippen LogP contribution in [0.4, 0.5) is 5.69 Å². The van der Waals surface area contributed by atoms with E-state index in [0.717, 1.165) is 17.3 Å². The van der Waals surface area contributed by atoms with Gasteiger partial charge in [0.15, 0.2) is 12.3 Å². The Bertz CT molecular complexity index is 1030. The van der Waals surface area contributed by atoms with E-state index in [4.69, 9.17) is 4.74 Å². The molecular formula is C23H27N3O3. The molecule has 152 valence electrons. The molecular weight excluding hydrogens is 366 g/mol. The van der Waals surface area contributed by atoms with Crippen LogP contribution in [0, 0.1) is 0 Å². The van der Waals surface area contributed by atoms with E-state index < -0.39 is 5.91 Å². The first kappa shape index (κ1) is 20.6. The third kappa shape index (κ3) is 4.65. The van der Waals surface area contributed by atoms with Crippen LogP contribution < -0.4 is 4.74 Å². The summed E-state index contributed by atoms with van der Waals surface area (Å²) >= 11 is 0. The van der Waals surface area contributed by atoms with Crippen molar-refractivity contribution in [2.45, 2.75) is 46.1 Å². The second-order valence-electron chi connectivity index (χ2n) is 8.00. The first-order valence-electron chi connectivity index (χ1n) is 9.79. The number of aromatic hydroxyl groups is 1. The predicted octanol–water partition coefficient (Wildman–Crippen LogP) is 5.74. The minimum absolute atomic E-state index is 0.0169. The summed E-state index contributed by atoms with van der Waals surface area (Å²) in [6.07, 6.45) is 0.865. The van der Waals surface area contributed by atoms with E-state index in [1.807, 2.05) is 55.5 Å². The number of carbonyl (C=O) groups is 1. The maximum Gasteiger partial charge on any atom is 0.302 e. The zero-order chi connectivity index (χ0) is 21.0. The molecule has 0 spiro atoms. The van der Waals surface area contributed by atoms with Crippen molar-refractivity contribution in [3.05, 3.63) is 54.1 Å². The van der Waals surface area contributed by atoms with Gasteiger partial charge in [0.05, 0.1) is 5.52 Å². The molecule has 29 heavy (non-hydrogen) atoms. The van der Waals surface area contributed by atoms with Gasteiger partial charge >= 0.3 is 5.91 Å². The SMILES string of the molecule is CCCn1c(O)c(N=NC(=O)COc2ccc(C(C)(C)C)cc2)c2ccccc21. The molecule has 6 heteroatoms. The van der Waals surface area contributed by atoms with Crippen LogP contribution in [0.3, 0.4) is 0 Å². The summed E-state index contributed by atoms with van der Waals surface area (Å²) < 4.78 is 7.29. The average molecular weight is 393 g/mol. The van der Waals surface area contributed by atoms with Crippen LogP contribution in [-0.4, -0.2) is 22.2 Å². The minimum atomic E-state index is -0.517. The summed E-state index contributed by atoms with van der Waals surface area (Å²) in [6.45, 7) is 8.89. The largest absolute Gasteiger partial charge is 0.493 e. The number of nitrogens with zero attached hydrogens (tertiary/aromatic N) is 3. The Morgan fingerprint density at radius 3 is 2.45 bits per heavy atom. The van der Waals surface area contributed by atoms with Crippen molar-refractivity contribution in [3.63, 3.8) is 0 Å². The molecule has 1 amide bonds. The summed E-state index contributed by atoms with van der Waals surface area (Å²) in [5.41, 5.74) is 2.41. The molecule has 0 radical (unpaired) electrons. The maximum atomic E-state index is 12.1. The maximum absolute atomic E-state index is 12.1. The highest BCUT2D eigenvalue weighted by Crippen LogP contribution is 2.38. The van der Waals surface area contributed by atoms with Crippen molar-refractivity contribution in [1.29, 1.82) is 0 Å². The van der Waals surface area contributed by atoms with Crippen LogP contribution in [0.15, 0.2) is 58.8 Å². The number of carbonyl (C=O) groups excluding carboxylic acids is 1. The lowest BCUT2D eigenvalue weighted by atomic mass is 9.87. The van der Waals surface area contributed by atoms with Gasteiger partial charge in [0.25, 0.3) is 0 Å². The fraction of sp³-hybridized carbons (Fsp3) is 0.348. The van der Waals surface area contributed by atoms with Crippen LogP contribution in [0.1, 0.15) is 39.7 Å². The second-order valence-corrected chi connectivity index (χ2v) is 8.00. The van der Waals surface area contributed by atoms with E-state index in [2.05, 4.69) is 31.0 Å². The van der Waals surface area contributed by atoms with Crippen molar-refractivity contribution in [2.75, 3.05) is 6.61 Å². The normalized spacial score (nSPS) is 12.0. The Hall–Kier alpha value is -3.15. The number of ether oxygens (including phenoxy) is 1. The molecule has 0 saturated carbocycles. The van der Waals surface area contributed by atoms with E-state index in [-0.39, 0.29) is 17.9 Å². The number of rotatable bonds is 6. The smallest absolute Gasteiger partial charge is 0.302 e. The molecule has 3 aromatic rings. The molecule has 0 aliphatic heterocycles. The summed E-state index contributed by atoms with van der Waals surface area (Å²) in [5.74, 6) is 0.101. The van der Waals surface area contributed by atoms with Gasteiger partial charge in [-0.25, -0.2) is 0 Å². The molecule has 1 N–H and O–H groups in total. The van der Waals surface area contributed by atoms with Gasteiger partial charge in [0, 0.05) is 11.9 Å². The zero-order valence-corrected chi connectivity index (χ0v) is 17.3. The Morgan fingerprint density at radius 1 is 1.10 bits per heavy atom. The molecule has 0 bridgehead atoms. The van der Waals surface area contributed by atoms with Gasteiger partial charge in [0.2, 0.25) is 5.88 Å². The lowest BCUT2D eigenvalue weighted by molar-refractivity contribution is -0.120. The van der Waals surface area contributed by atoms with E-state index in [1.54, 1.807) is 4.57 Å². The van der Waals surface area contributed by atoms with E-state index in [0.29, 0.717) is 18.0 Å². The summed E-state index contributed by atoms with van der Waals surface area (Å²) in [6, 6.07) is 15.2. The third-order valence-corrected chi connectivity index (χ3v) is 4.71. The van der Waals surface area contributed by atoms with E-state index in [9.17, 15) is 9.90 Å². The summed E-state index contributed by atoms with van der Waals surface area (Å²) in [7, 11) is 0. The lowest BCUT2D eigenvalue weighted by Gasteiger charge is -2.19. The molecule has 0 fully saturated rings. The van der Waals surface area contributed by atoms with Crippen molar-refractivity contribution in [2.24, 2.45) is 10.2 Å². The van der Waals surface area contributed by atoms with Gasteiger partial charge in [-0.15, -0.1) is 10.2 Å². The summed E-state index contributed by atoms with van der Waals surface area (Å²) in [4.78, 5) is 12.1. The average Bonchev–Trinajstić information content (AvgIpc) is 2.96. The zero-order valence-electron chi connectivity index (χ0n) is 17.3. The Balaban J connectivity index is 1.70. The number of aromatic nitrogens is 1. The van der Waals surface area contributed by atoms with Gasteiger partial charge in [-0.05, 0) is 35.6 Å². The Kier molecular flexibility index (Phi) is 6.01. The number of hydrogen-bond donors (Lipinski definition) is 1. The molecule has 3 rings (SSSR count). The van der Waals surface area contributed by atoms with E-state index in [1.165, 1.54) is 5.56 Å². The first-order valence-corrected chi connectivity index (χ1v) is 9.79.